The van der Waals surface area contributed by atoms with Crippen molar-refractivity contribution in [2.45, 2.75) is 78.4 Å². The Hall–Kier alpha value is -1.02. The van der Waals surface area contributed by atoms with Crippen molar-refractivity contribution in [1.82, 2.24) is 5.32 Å². The number of hydrogen-bond donors (Lipinski definition) is 1. The maximum atomic E-state index is 5.98. The van der Waals surface area contributed by atoms with E-state index in [4.69, 9.17) is 4.74 Å². The first-order valence-electron chi connectivity index (χ1n) is 8.68. The molecule has 0 radical (unpaired) electrons. The van der Waals surface area contributed by atoms with E-state index in [1.165, 1.54) is 44.1 Å². The van der Waals surface area contributed by atoms with E-state index < -0.39 is 0 Å². The summed E-state index contributed by atoms with van der Waals surface area (Å²) < 4.78 is 5.98. The van der Waals surface area contributed by atoms with Gasteiger partial charge >= 0.3 is 0 Å². The zero-order chi connectivity index (χ0) is 15.5. The maximum absolute atomic E-state index is 5.98. The molecule has 120 valence electrons. The van der Waals surface area contributed by atoms with Crippen LogP contribution in [0.4, 0.5) is 0 Å². The molecule has 0 fully saturated rings. The number of para-hydroxylation sites is 1. The molecular weight excluding hydrogens is 258 g/mol. The van der Waals surface area contributed by atoms with Crippen LogP contribution in [0.5, 0.6) is 5.75 Å². The maximum Gasteiger partial charge on any atom is 0.124 e. The third-order valence-electron chi connectivity index (χ3n) is 3.70. The summed E-state index contributed by atoms with van der Waals surface area (Å²) in [6, 6.07) is 8.88. The zero-order valence-corrected chi connectivity index (χ0v) is 14.3. The highest BCUT2D eigenvalue weighted by Crippen LogP contribution is 2.29. The lowest BCUT2D eigenvalue weighted by Crippen LogP contribution is -2.22. The molecule has 0 spiro atoms. The van der Waals surface area contributed by atoms with Crippen LogP contribution in [0.2, 0.25) is 0 Å². The number of hydrogen-bond acceptors (Lipinski definition) is 2. The van der Waals surface area contributed by atoms with Crippen molar-refractivity contribution in [1.29, 1.82) is 0 Å². The number of nitrogens with one attached hydrogen (secondary N) is 1. The first kappa shape index (κ1) is 18.0. The summed E-state index contributed by atoms with van der Waals surface area (Å²) in [6.45, 7) is 9.61. The van der Waals surface area contributed by atoms with E-state index in [1.54, 1.807) is 0 Å². The molecule has 1 aromatic rings. The average molecular weight is 291 g/mol. The lowest BCUT2D eigenvalue weighted by molar-refractivity contribution is 0.237. The molecule has 0 aliphatic rings. The molecule has 1 rings (SSSR count). The Balaban J connectivity index is 2.66. The van der Waals surface area contributed by atoms with Crippen LogP contribution < -0.4 is 10.1 Å². The predicted molar refractivity (Wildman–Crippen MR) is 92.0 cm³/mol. The first-order chi connectivity index (χ1) is 10.2. The Morgan fingerprint density at radius 1 is 1.00 bits per heavy atom. The molecule has 0 saturated heterocycles. The van der Waals surface area contributed by atoms with Crippen molar-refractivity contribution >= 4 is 0 Å². The minimum atomic E-state index is 0.220. The van der Waals surface area contributed by atoms with E-state index in [-0.39, 0.29) is 6.10 Å². The summed E-state index contributed by atoms with van der Waals surface area (Å²) in [5.74, 6) is 1.03. The van der Waals surface area contributed by atoms with Gasteiger partial charge in [0.2, 0.25) is 0 Å². The van der Waals surface area contributed by atoms with Crippen molar-refractivity contribution in [3.63, 3.8) is 0 Å². The largest absolute Gasteiger partial charge is 0.491 e. The number of ether oxygens (including phenoxy) is 1. The molecule has 0 saturated carbocycles. The molecule has 2 heteroatoms. The van der Waals surface area contributed by atoms with Crippen molar-refractivity contribution in [2.24, 2.45) is 0 Å². The van der Waals surface area contributed by atoms with E-state index in [1.807, 2.05) is 0 Å². The molecule has 0 bridgehead atoms. The molecule has 0 aliphatic heterocycles. The van der Waals surface area contributed by atoms with Gasteiger partial charge in [-0.05, 0) is 32.9 Å². The summed E-state index contributed by atoms with van der Waals surface area (Å²) >= 11 is 0. The summed E-state index contributed by atoms with van der Waals surface area (Å²) in [7, 11) is 0. The molecule has 0 aromatic heterocycles. The second-order valence-electron chi connectivity index (χ2n) is 6.02. The van der Waals surface area contributed by atoms with Gasteiger partial charge in [-0.1, -0.05) is 64.2 Å². The van der Waals surface area contributed by atoms with Crippen LogP contribution in [0.3, 0.4) is 0 Å². The Morgan fingerprint density at radius 2 is 1.71 bits per heavy atom. The first-order valence-corrected chi connectivity index (χ1v) is 8.68. The van der Waals surface area contributed by atoms with Gasteiger partial charge in [0.1, 0.15) is 5.75 Å². The predicted octanol–water partition coefficient (Wildman–Crippen LogP) is 5.48. The van der Waals surface area contributed by atoms with Crippen LogP contribution in [0.25, 0.3) is 0 Å². The van der Waals surface area contributed by atoms with Crippen LogP contribution in [0.1, 0.15) is 77.8 Å². The van der Waals surface area contributed by atoms with Crippen LogP contribution in [-0.4, -0.2) is 12.6 Å². The fraction of sp³-hybridized carbons (Fsp3) is 0.684. The van der Waals surface area contributed by atoms with Gasteiger partial charge in [-0.2, -0.15) is 0 Å². The molecule has 21 heavy (non-hydrogen) atoms. The standard InChI is InChI=1S/C19H33NO/c1-5-7-8-9-10-14-18(20-6-2)17-13-11-12-15-19(17)21-16(3)4/h11-13,15-16,18,20H,5-10,14H2,1-4H3. The fourth-order valence-corrected chi connectivity index (χ4v) is 2.70. The zero-order valence-electron chi connectivity index (χ0n) is 14.3. The molecule has 0 heterocycles. The molecule has 1 unspecified atom stereocenters. The van der Waals surface area contributed by atoms with E-state index in [2.05, 4.69) is 57.3 Å². The second kappa shape index (κ2) is 10.7. The van der Waals surface area contributed by atoms with E-state index in [0.717, 1.165) is 12.3 Å². The molecule has 0 aliphatic carbocycles. The highest BCUT2D eigenvalue weighted by Gasteiger charge is 2.15. The lowest BCUT2D eigenvalue weighted by atomic mass is 9.98. The summed E-state index contributed by atoms with van der Waals surface area (Å²) in [5, 5.41) is 3.62. The Bertz CT molecular complexity index is 376. The van der Waals surface area contributed by atoms with Gasteiger partial charge in [-0.3, -0.25) is 0 Å². The quantitative estimate of drug-likeness (QED) is 0.545. The molecule has 1 atom stereocenters. The minimum absolute atomic E-state index is 0.220. The van der Waals surface area contributed by atoms with Crippen molar-refractivity contribution in [3.8, 4) is 5.75 Å². The highest BCUT2D eigenvalue weighted by molar-refractivity contribution is 5.36. The Labute approximate surface area is 131 Å². The molecular formula is C19H33NO. The summed E-state index contributed by atoms with van der Waals surface area (Å²) in [6.07, 6.45) is 8.06. The van der Waals surface area contributed by atoms with Crippen molar-refractivity contribution in [3.05, 3.63) is 29.8 Å². The van der Waals surface area contributed by atoms with E-state index in [9.17, 15) is 0 Å². The molecule has 2 nitrogen and oxygen atoms in total. The van der Waals surface area contributed by atoms with Gasteiger partial charge in [0, 0.05) is 11.6 Å². The lowest BCUT2D eigenvalue weighted by Gasteiger charge is -2.22. The Kier molecular flexibility index (Phi) is 9.16. The van der Waals surface area contributed by atoms with Gasteiger partial charge in [0.05, 0.1) is 6.10 Å². The average Bonchev–Trinajstić information content (AvgIpc) is 2.46. The van der Waals surface area contributed by atoms with Gasteiger partial charge in [-0.25, -0.2) is 0 Å². The van der Waals surface area contributed by atoms with Crippen LogP contribution >= 0.6 is 0 Å². The molecule has 1 aromatic carbocycles. The summed E-state index contributed by atoms with van der Waals surface area (Å²) in [4.78, 5) is 0. The monoisotopic (exact) mass is 291 g/mol. The topological polar surface area (TPSA) is 21.3 Å². The normalized spacial score (nSPS) is 12.6. The molecule has 1 N–H and O–H groups in total. The second-order valence-corrected chi connectivity index (χ2v) is 6.02. The third-order valence-corrected chi connectivity index (χ3v) is 3.70. The fourth-order valence-electron chi connectivity index (χ4n) is 2.70. The number of unbranched alkanes of at least 4 members (excludes halogenated alkanes) is 4. The highest BCUT2D eigenvalue weighted by atomic mass is 16.5. The van der Waals surface area contributed by atoms with E-state index >= 15 is 0 Å². The van der Waals surface area contributed by atoms with Gasteiger partial charge in [-0.15, -0.1) is 0 Å². The van der Waals surface area contributed by atoms with Gasteiger partial charge in [0.25, 0.3) is 0 Å². The number of rotatable bonds is 11. The smallest absolute Gasteiger partial charge is 0.124 e. The summed E-state index contributed by atoms with van der Waals surface area (Å²) in [5.41, 5.74) is 1.31. The van der Waals surface area contributed by atoms with E-state index in [0.29, 0.717) is 6.04 Å². The van der Waals surface area contributed by atoms with Crippen LogP contribution in [0, 0.1) is 0 Å². The van der Waals surface area contributed by atoms with Gasteiger partial charge < -0.3 is 10.1 Å². The van der Waals surface area contributed by atoms with Crippen molar-refractivity contribution < 1.29 is 4.74 Å². The molecule has 0 amide bonds. The van der Waals surface area contributed by atoms with Crippen LogP contribution in [-0.2, 0) is 0 Å². The SMILES string of the molecule is CCCCCCCC(NCC)c1ccccc1OC(C)C. The third kappa shape index (κ3) is 6.99. The minimum Gasteiger partial charge on any atom is -0.491 e. The van der Waals surface area contributed by atoms with Crippen LogP contribution in [0.15, 0.2) is 24.3 Å². The van der Waals surface area contributed by atoms with Crippen molar-refractivity contribution in [2.75, 3.05) is 6.54 Å². The Morgan fingerprint density at radius 3 is 2.38 bits per heavy atom. The van der Waals surface area contributed by atoms with Gasteiger partial charge in [0.15, 0.2) is 0 Å². The number of benzene rings is 1.